The lowest BCUT2D eigenvalue weighted by Crippen LogP contribution is -2.55. The van der Waals surface area contributed by atoms with Crippen molar-refractivity contribution in [1.29, 1.82) is 0 Å². The molecule has 7 nitrogen and oxygen atoms in total. The van der Waals surface area contributed by atoms with Gasteiger partial charge in [-0.2, -0.15) is 0 Å². The van der Waals surface area contributed by atoms with Gasteiger partial charge in [0.05, 0.1) is 25.7 Å². The standard InChI is InChI=1S/C36H36Cl3N3O4S/c37-30-21-20-27(22-32(30)39)24-41(34(23-26-12-4-1-5-13-26)36(44)40-28-14-6-2-7-15-28)35(43)25-42(33-19-11-10-18-31(33)38)47(45,46)29-16-8-3-9-17-29/h1,3-5,8-13,16-22,28,34H,2,6-7,14-15,23-25H2,(H,40,44). The molecule has 1 unspecified atom stereocenters. The number of carbonyl (C=O) groups excluding carboxylic acids is 2. The van der Waals surface area contributed by atoms with Gasteiger partial charge in [0.25, 0.3) is 10.0 Å². The lowest BCUT2D eigenvalue weighted by atomic mass is 9.94. The average Bonchev–Trinajstić information content (AvgIpc) is 3.08. The molecular formula is C36H36Cl3N3O4S. The van der Waals surface area contributed by atoms with Crippen LogP contribution in [0.5, 0.6) is 0 Å². The van der Waals surface area contributed by atoms with E-state index in [2.05, 4.69) is 5.32 Å². The van der Waals surface area contributed by atoms with Gasteiger partial charge < -0.3 is 10.2 Å². The molecule has 4 aromatic carbocycles. The van der Waals surface area contributed by atoms with Gasteiger partial charge in [0.1, 0.15) is 12.6 Å². The number of amides is 2. The number of hydrogen-bond acceptors (Lipinski definition) is 4. The summed E-state index contributed by atoms with van der Waals surface area (Å²) >= 11 is 19.1. The van der Waals surface area contributed by atoms with Gasteiger partial charge in [0.15, 0.2) is 0 Å². The molecule has 0 heterocycles. The molecule has 1 N–H and O–H groups in total. The van der Waals surface area contributed by atoms with Gasteiger partial charge in [-0.3, -0.25) is 13.9 Å². The lowest BCUT2D eigenvalue weighted by Gasteiger charge is -2.35. The Balaban J connectivity index is 1.58. The molecule has 1 aliphatic carbocycles. The van der Waals surface area contributed by atoms with Crippen LogP contribution in [0.15, 0.2) is 108 Å². The smallest absolute Gasteiger partial charge is 0.264 e. The van der Waals surface area contributed by atoms with Gasteiger partial charge in [-0.25, -0.2) is 8.42 Å². The molecule has 1 aliphatic rings. The van der Waals surface area contributed by atoms with E-state index in [0.29, 0.717) is 15.6 Å². The van der Waals surface area contributed by atoms with Crippen molar-refractivity contribution >= 4 is 62.3 Å². The Kier molecular flexibility index (Phi) is 11.9. The van der Waals surface area contributed by atoms with Crippen LogP contribution in [0.4, 0.5) is 5.69 Å². The highest BCUT2D eigenvalue weighted by Crippen LogP contribution is 2.31. The maximum Gasteiger partial charge on any atom is 0.264 e. The van der Waals surface area contributed by atoms with Crippen LogP contribution in [-0.4, -0.2) is 43.8 Å². The molecule has 2 amide bonds. The van der Waals surface area contributed by atoms with Gasteiger partial charge in [0, 0.05) is 19.0 Å². The Morgan fingerprint density at radius 1 is 0.745 bits per heavy atom. The van der Waals surface area contributed by atoms with Crippen LogP contribution in [0.2, 0.25) is 15.1 Å². The largest absolute Gasteiger partial charge is 0.352 e. The molecule has 0 saturated heterocycles. The molecular weight excluding hydrogens is 677 g/mol. The number of halogens is 3. The second kappa shape index (κ2) is 16.0. The number of benzene rings is 4. The molecule has 47 heavy (non-hydrogen) atoms. The van der Waals surface area contributed by atoms with Crippen LogP contribution in [0.1, 0.15) is 43.2 Å². The average molecular weight is 713 g/mol. The summed E-state index contributed by atoms with van der Waals surface area (Å²) in [6, 6.07) is 27.8. The Morgan fingerprint density at radius 3 is 2.04 bits per heavy atom. The van der Waals surface area contributed by atoms with Crippen LogP contribution < -0.4 is 9.62 Å². The van der Waals surface area contributed by atoms with Gasteiger partial charge in [-0.05, 0) is 60.4 Å². The minimum absolute atomic E-state index is 0.000343. The van der Waals surface area contributed by atoms with Gasteiger partial charge in [-0.15, -0.1) is 0 Å². The Labute approximate surface area is 291 Å². The first kappa shape index (κ1) is 34.8. The molecule has 0 spiro atoms. The number of para-hydroxylation sites is 1. The van der Waals surface area contributed by atoms with Crippen LogP contribution in [0, 0.1) is 0 Å². The molecule has 11 heteroatoms. The topological polar surface area (TPSA) is 86.8 Å². The highest BCUT2D eigenvalue weighted by atomic mass is 35.5. The van der Waals surface area contributed by atoms with Crippen molar-refractivity contribution < 1.29 is 18.0 Å². The number of rotatable bonds is 12. The van der Waals surface area contributed by atoms with Crippen LogP contribution >= 0.6 is 34.8 Å². The van der Waals surface area contributed by atoms with Crippen molar-refractivity contribution in [3.05, 3.63) is 129 Å². The van der Waals surface area contributed by atoms with E-state index in [4.69, 9.17) is 34.8 Å². The summed E-state index contributed by atoms with van der Waals surface area (Å²) in [7, 11) is -4.26. The molecule has 0 bridgehead atoms. The zero-order chi connectivity index (χ0) is 33.4. The first-order chi connectivity index (χ1) is 22.6. The molecule has 0 aromatic heterocycles. The lowest BCUT2D eigenvalue weighted by molar-refractivity contribution is -0.140. The minimum Gasteiger partial charge on any atom is -0.352 e. The van der Waals surface area contributed by atoms with Gasteiger partial charge >= 0.3 is 0 Å². The Bertz CT molecular complexity index is 1790. The Hall–Kier alpha value is -3.56. The van der Waals surface area contributed by atoms with Gasteiger partial charge in [-0.1, -0.05) is 121 Å². The number of anilines is 1. The molecule has 1 saturated carbocycles. The first-order valence-electron chi connectivity index (χ1n) is 15.5. The minimum atomic E-state index is -4.26. The van der Waals surface area contributed by atoms with Crippen LogP contribution in [0.25, 0.3) is 0 Å². The fourth-order valence-electron chi connectivity index (χ4n) is 5.82. The highest BCUT2D eigenvalue weighted by molar-refractivity contribution is 7.92. The quantitative estimate of drug-likeness (QED) is 0.162. The van der Waals surface area contributed by atoms with Crippen molar-refractivity contribution in [2.45, 2.75) is 62.0 Å². The van der Waals surface area contributed by atoms with E-state index >= 15 is 0 Å². The maximum atomic E-state index is 14.6. The third-order valence-corrected chi connectivity index (χ3v) is 11.1. The fourth-order valence-corrected chi connectivity index (χ4v) is 7.88. The van der Waals surface area contributed by atoms with Crippen LogP contribution in [0.3, 0.4) is 0 Å². The summed E-state index contributed by atoms with van der Waals surface area (Å²) in [4.78, 5) is 30.3. The highest BCUT2D eigenvalue weighted by Gasteiger charge is 2.36. The van der Waals surface area contributed by atoms with Crippen molar-refractivity contribution in [2.24, 2.45) is 0 Å². The number of nitrogens with one attached hydrogen (secondary N) is 1. The predicted molar refractivity (Wildman–Crippen MR) is 188 cm³/mol. The van der Waals surface area contributed by atoms with Crippen molar-refractivity contribution in [3.63, 3.8) is 0 Å². The van der Waals surface area contributed by atoms with E-state index in [1.165, 1.54) is 17.0 Å². The van der Waals surface area contributed by atoms with Crippen molar-refractivity contribution in [2.75, 3.05) is 10.8 Å². The third kappa shape index (κ3) is 8.87. The first-order valence-corrected chi connectivity index (χ1v) is 18.1. The van der Waals surface area contributed by atoms with E-state index in [1.54, 1.807) is 60.7 Å². The number of carbonyl (C=O) groups is 2. The van der Waals surface area contributed by atoms with E-state index in [9.17, 15) is 18.0 Å². The SMILES string of the molecule is O=C(NC1CCCCC1)C(Cc1ccccc1)N(Cc1ccc(Cl)c(Cl)c1)C(=O)CN(c1ccccc1Cl)S(=O)(=O)c1ccccc1. The normalized spacial score (nSPS) is 14.3. The summed E-state index contributed by atoms with van der Waals surface area (Å²) in [6.45, 7) is -0.628. The molecule has 1 atom stereocenters. The second-order valence-electron chi connectivity index (χ2n) is 11.6. The molecule has 1 fully saturated rings. The van der Waals surface area contributed by atoms with Crippen molar-refractivity contribution in [1.82, 2.24) is 10.2 Å². The number of nitrogens with zero attached hydrogens (tertiary/aromatic N) is 2. The molecule has 5 rings (SSSR count). The zero-order valence-corrected chi connectivity index (χ0v) is 28.8. The number of hydrogen-bond donors (Lipinski definition) is 1. The summed E-state index contributed by atoms with van der Waals surface area (Å²) in [6.07, 6.45) is 5.09. The van der Waals surface area contributed by atoms with E-state index < -0.39 is 28.5 Å². The maximum absolute atomic E-state index is 14.6. The van der Waals surface area contributed by atoms with Crippen molar-refractivity contribution in [3.8, 4) is 0 Å². The molecule has 4 aromatic rings. The zero-order valence-electron chi connectivity index (χ0n) is 25.7. The summed E-state index contributed by atoms with van der Waals surface area (Å²) < 4.78 is 29.3. The monoisotopic (exact) mass is 711 g/mol. The van der Waals surface area contributed by atoms with Gasteiger partial charge in [0.2, 0.25) is 11.8 Å². The van der Waals surface area contributed by atoms with E-state index in [-0.39, 0.29) is 40.5 Å². The molecule has 0 radical (unpaired) electrons. The van der Waals surface area contributed by atoms with E-state index in [0.717, 1.165) is 42.0 Å². The van der Waals surface area contributed by atoms with Crippen LogP contribution in [-0.2, 0) is 32.6 Å². The summed E-state index contributed by atoms with van der Waals surface area (Å²) in [5.41, 5.74) is 1.63. The fraction of sp³-hybridized carbons (Fsp3) is 0.278. The summed E-state index contributed by atoms with van der Waals surface area (Å²) in [5, 5.41) is 4.01. The number of sulfonamides is 1. The summed E-state index contributed by atoms with van der Waals surface area (Å²) in [5.74, 6) is -0.889. The third-order valence-electron chi connectivity index (χ3n) is 8.29. The Morgan fingerprint density at radius 2 is 1.38 bits per heavy atom. The molecule has 0 aliphatic heterocycles. The molecule has 246 valence electrons. The second-order valence-corrected chi connectivity index (χ2v) is 14.7. The predicted octanol–water partition coefficient (Wildman–Crippen LogP) is 7.93. The van der Waals surface area contributed by atoms with E-state index in [1.807, 2.05) is 30.3 Å².